The van der Waals surface area contributed by atoms with E-state index >= 15 is 0 Å². The van der Waals surface area contributed by atoms with E-state index in [0.29, 0.717) is 71.7 Å². The number of aromatic nitrogens is 2. The van der Waals surface area contributed by atoms with E-state index in [1.165, 1.54) is 35.3 Å². The van der Waals surface area contributed by atoms with Gasteiger partial charge in [0.05, 0.1) is 51.3 Å². The second-order valence-corrected chi connectivity index (χ2v) is 16.2. The van der Waals surface area contributed by atoms with E-state index in [1.54, 1.807) is 125 Å². The molecule has 2 aromatic heterocycles. The van der Waals surface area contributed by atoms with Gasteiger partial charge in [0.25, 0.3) is 18.6 Å². The minimum absolute atomic E-state index is 0. The molecule has 2 heterocycles. The van der Waals surface area contributed by atoms with Gasteiger partial charge in [0.2, 0.25) is 0 Å². The number of nitrogens with zero attached hydrogens (tertiary/aromatic N) is 5. The Bertz CT molecular complexity index is 2540. The number of rotatable bonds is 20. The van der Waals surface area contributed by atoms with Crippen molar-refractivity contribution >= 4 is 70.3 Å². The Morgan fingerprint density at radius 3 is 1.27 bits per heavy atom. The zero-order chi connectivity index (χ0) is 54.4. The van der Waals surface area contributed by atoms with Crippen LogP contribution >= 0.6 is 35.3 Å². The van der Waals surface area contributed by atoms with Gasteiger partial charge in [-0.05, 0) is 148 Å². The molecule has 0 saturated heterocycles. The molecule has 74 heavy (non-hydrogen) atoms. The minimum atomic E-state index is -0.547. The number of hydrogen-bond acceptors (Lipinski definition) is 22. The number of nitrogens with two attached hydrogens (primary N) is 2. The summed E-state index contributed by atoms with van der Waals surface area (Å²) in [5.74, 6) is -0.880. The summed E-state index contributed by atoms with van der Waals surface area (Å²) in [6.07, 6.45) is 14.9. The summed E-state index contributed by atoms with van der Waals surface area (Å²) in [6, 6.07) is 27.1. The van der Waals surface area contributed by atoms with Crippen molar-refractivity contribution in [3.63, 3.8) is 0 Å². The summed E-state index contributed by atoms with van der Waals surface area (Å²) in [5.41, 5.74) is 16.1. The highest BCUT2D eigenvalue weighted by Gasteiger charge is 2.10. The number of nitro groups is 3. The Morgan fingerprint density at radius 1 is 0.568 bits per heavy atom. The van der Waals surface area contributed by atoms with Crippen LogP contribution in [0.4, 0.5) is 17.1 Å². The molecule has 22 nitrogen and oxygen atoms in total. The lowest BCUT2D eigenvalue weighted by atomic mass is 10.2. The average molecular weight is 1080 g/mol. The molecule has 0 unspecified atom stereocenters. The van der Waals surface area contributed by atoms with Gasteiger partial charge >= 0.3 is 17.9 Å². The Hall–Kier alpha value is -8.00. The first-order valence-corrected chi connectivity index (χ1v) is 25.2. The molecule has 0 radical (unpaired) electrons. The number of benzene rings is 3. The lowest BCUT2D eigenvalue weighted by Crippen LogP contribution is -2.20. The van der Waals surface area contributed by atoms with Crippen LogP contribution in [0.1, 0.15) is 70.4 Å². The van der Waals surface area contributed by atoms with E-state index in [0.717, 1.165) is 34.0 Å². The molecule has 7 N–H and O–H groups in total. The highest BCUT2D eigenvalue weighted by atomic mass is 32.2. The van der Waals surface area contributed by atoms with Crippen LogP contribution in [0.2, 0.25) is 0 Å². The summed E-state index contributed by atoms with van der Waals surface area (Å²) in [4.78, 5) is 71.4. The third-order valence-electron chi connectivity index (χ3n) is 8.27. The monoisotopic (exact) mass is 1080 g/mol. The van der Waals surface area contributed by atoms with Crippen LogP contribution in [-0.2, 0) is 27.3 Å². The molecular weight excluding hydrogens is 1020 g/mol. The molecule has 3 aromatic carbocycles. The zero-order valence-corrected chi connectivity index (χ0v) is 43.3. The van der Waals surface area contributed by atoms with Crippen molar-refractivity contribution in [3.05, 3.63) is 214 Å². The van der Waals surface area contributed by atoms with E-state index in [9.17, 15) is 44.7 Å². The molecule has 0 saturated carbocycles. The van der Waals surface area contributed by atoms with Crippen LogP contribution in [0, 0.1) is 30.3 Å². The molecule has 0 fully saturated rings. The molecule has 5 aromatic rings. The first kappa shape index (κ1) is 66.0. The highest BCUT2D eigenvalue weighted by molar-refractivity contribution is 8.21. The van der Waals surface area contributed by atoms with E-state index in [2.05, 4.69) is 25.9 Å². The molecule has 25 heteroatoms. The number of carbonyl (C=O) groups is 3. The SMILES string of the molecule is C.CCOC(=O)c1ccc(N)cc1.CCOC(=O)c1ccc(N/C(=C/[N+](=O)[O-])NCc2ccncc2)cc1.CCOC(=O)c1ccc(N/C(=C/[N+](=O)[O-])SC)cc1.CSC(=C[N+](=O)[O-])SC.NCc1ccncc1. The van der Waals surface area contributed by atoms with Gasteiger partial charge in [0.1, 0.15) is 9.27 Å². The van der Waals surface area contributed by atoms with Gasteiger partial charge in [-0.1, -0.05) is 7.43 Å². The van der Waals surface area contributed by atoms with Crippen molar-refractivity contribution in [1.82, 2.24) is 15.3 Å². The fourth-order valence-corrected chi connectivity index (χ4v) is 6.35. The molecule has 0 spiro atoms. The van der Waals surface area contributed by atoms with Gasteiger partial charge in [-0.3, -0.25) is 40.3 Å². The normalized spacial score (nSPS) is 10.0. The Balaban J connectivity index is 0.000000959. The maximum absolute atomic E-state index is 11.6. The predicted molar refractivity (Wildman–Crippen MR) is 295 cm³/mol. The van der Waals surface area contributed by atoms with Gasteiger partial charge in [-0.2, -0.15) is 0 Å². The van der Waals surface area contributed by atoms with Crippen LogP contribution < -0.4 is 27.4 Å². The number of hydrogen-bond donors (Lipinski definition) is 5. The van der Waals surface area contributed by atoms with Crippen LogP contribution in [0.25, 0.3) is 0 Å². The Kier molecular flexibility index (Phi) is 35.3. The predicted octanol–water partition coefficient (Wildman–Crippen LogP) is 9.66. The van der Waals surface area contributed by atoms with Gasteiger partial charge < -0.3 is 41.6 Å². The molecule has 0 atom stereocenters. The van der Waals surface area contributed by atoms with Gasteiger partial charge in [0, 0.05) is 54.9 Å². The summed E-state index contributed by atoms with van der Waals surface area (Å²) in [7, 11) is 0. The third-order valence-corrected chi connectivity index (χ3v) is 10.9. The molecule has 0 aliphatic heterocycles. The molecular formula is C49H62N10O12S3. The summed E-state index contributed by atoms with van der Waals surface area (Å²) in [5, 5.41) is 40.2. The maximum Gasteiger partial charge on any atom is 0.338 e. The standard InChI is InChI=1S/C17H18N4O4.C12H14N2O4S.C9H11NO2.C6H8N2.C4H7NO2S2.CH4/c1-2-25-17(22)14-3-5-15(6-4-14)20-16(12-21(23)24)19-11-13-7-9-18-10-8-13;1-3-18-12(15)9-4-6-10(7-5-9)13-11(19-2)8-14(16)17;1-2-12-9(11)7-3-5-8(10)6-4-7;7-5-6-1-3-8-4-2-6;1-8-4(9-2)3-5(6)7;/h3-10,12,19-20H,2,11H2,1H3;4-8,13H,3H2,1-2H3;3-6H,2,10H2,1H3;1-4H,5,7H2;3H,1-2H3;1H4/b16-12+;11-8-;;;;. The molecule has 398 valence electrons. The van der Waals surface area contributed by atoms with Crippen LogP contribution in [-0.4, -0.2) is 81.2 Å². The molecule has 0 bridgehead atoms. The first-order chi connectivity index (χ1) is 35.0. The number of pyridine rings is 2. The molecule has 5 rings (SSSR count). The van der Waals surface area contributed by atoms with Crippen molar-refractivity contribution in [2.75, 3.05) is 55.0 Å². The number of nitrogen functional groups attached to an aromatic ring is 1. The molecule has 0 aliphatic rings. The first-order valence-electron chi connectivity index (χ1n) is 21.5. The van der Waals surface area contributed by atoms with E-state index in [4.69, 9.17) is 25.7 Å². The van der Waals surface area contributed by atoms with Crippen molar-refractivity contribution in [1.29, 1.82) is 0 Å². The maximum atomic E-state index is 11.6. The van der Waals surface area contributed by atoms with Gasteiger partial charge in [-0.15, -0.1) is 35.3 Å². The number of nitrogens with one attached hydrogen (secondary N) is 3. The summed E-state index contributed by atoms with van der Waals surface area (Å²) in [6.45, 7) is 7.25. The Morgan fingerprint density at radius 2 is 0.946 bits per heavy atom. The lowest BCUT2D eigenvalue weighted by molar-refractivity contribution is -0.403. The van der Waals surface area contributed by atoms with Crippen LogP contribution in [0.3, 0.4) is 0 Å². The minimum Gasteiger partial charge on any atom is -0.462 e. The van der Waals surface area contributed by atoms with Crippen molar-refractivity contribution in [3.8, 4) is 0 Å². The topological polar surface area (TPSA) is 322 Å². The van der Waals surface area contributed by atoms with Gasteiger partial charge in [0.15, 0.2) is 5.82 Å². The number of anilines is 3. The van der Waals surface area contributed by atoms with E-state index < -0.39 is 20.7 Å². The number of carbonyl (C=O) groups excluding carboxylic acids is 3. The van der Waals surface area contributed by atoms with Crippen LogP contribution in [0.5, 0.6) is 0 Å². The zero-order valence-electron chi connectivity index (χ0n) is 40.8. The average Bonchev–Trinajstić information content (AvgIpc) is 3.38. The number of thioether (sulfide) groups is 3. The number of esters is 3. The fourth-order valence-electron chi connectivity index (χ4n) is 4.89. The second kappa shape index (κ2) is 39.6. The van der Waals surface area contributed by atoms with E-state index in [1.807, 2.05) is 36.8 Å². The lowest BCUT2D eigenvalue weighted by Gasteiger charge is -2.12. The smallest absolute Gasteiger partial charge is 0.338 e. The van der Waals surface area contributed by atoms with Crippen molar-refractivity contribution < 1.29 is 43.4 Å². The largest absolute Gasteiger partial charge is 0.462 e. The van der Waals surface area contributed by atoms with E-state index in [-0.39, 0.29) is 25.2 Å². The quantitative estimate of drug-likeness (QED) is 0.0159. The second-order valence-electron chi connectivity index (χ2n) is 13.4. The number of ether oxygens (including phenoxy) is 3. The fraction of sp³-hybridized carbons (Fsp3) is 0.245. The summed E-state index contributed by atoms with van der Waals surface area (Å²) < 4.78 is 15.3. The summed E-state index contributed by atoms with van der Waals surface area (Å²) >= 11 is 3.99. The molecule has 0 amide bonds. The highest BCUT2D eigenvalue weighted by Crippen LogP contribution is 2.22. The van der Waals surface area contributed by atoms with Crippen LogP contribution in [0.15, 0.2) is 156 Å². The Labute approximate surface area is 442 Å². The molecule has 0 aliphatic carbocycles. The third kappa shape index (κ3) is 30.0. The van der Waals surface area contributed by atoms with Crippen molar-refractivity contribution in [2.45, 2.75) is 41.3 Å². The van der Waals surface area contributed by atoms with Crippen molar-refractivity contribution in [2.24, 2.45) is 5.73 Å². The van der Waals surface area contributed by atoms with Gasteiger partial charge in [-0.25, -0.2) is 14.4 Å².